The highest BCUT2D eigenvalue weighted by Gasteiger charge is 2.67. The van der Waals surface area contributed by atoms with Gasteiger partial charge < -0.3 is 14.6 Å². The number of hydrogen-bond acceptors (Lipinski definition) is 3. The number of hydrogen-bond donors (Lipinski definition) is 1. The first-order valence-electron chi connectivity index (χ1n) is 10.4. The highest BCUT2D eigenvalue weighted by atomic mass is 16.7. The van der Waals surface area contributed by atoms with Crippen molar-refractivity contribution in [3.05, 3.63) is 0 Å². The van der Waals surface area contributed by atoms with Crippen LogP contribution in [-0.4, -0.2) is 30.2 Å². The average Bonchev–Trinajstić information content (AvgIpc) is 3.16. The third kappa shape index (κ3) is 2.01. The number of ether oxygens (including phenoxy) is 2. The van der Waals surface area contributed by atoms with Gasteiger partial charge in [0.1, 0.15) is 0 Å². The van der Waals surface area contributed by atoms with Gasteiger partial charge in [-0.2, -0.15) is 0 Å². The summed E-state index contributed by atoms with van der Waals surface area (Å²) in [6.07, 6.45) is 10.9. The lowest BCUT2D eigenvalue weighted by Crippen LogP contribution is -2.63. The second-order valence-corrected chi connectivity index (χ2v) is 10.2. The summed E-state index contributed by atoms with van der Waals surface area (Å²) in [6, 6.07) is 0. The molecule has 1 heterocycles. The van der Waals surface area contributed by atoms with Crippen LogP contribution in [0.4, 0.5) is 0 Å². The maximum Gasteiger partial charge on any atom is 0.172 e. The molecule has 24 heavy (non-hydrogen) atoms. The van der Waals surface area contributed by atoms with Gasteiger partial charge in [0.2, 0.25) is 0 Å². The number of rotatable bonds is 0. The fourth-order valence-corrected chi connectivity index (χ4v) is 7.94. The molecule has 3 nitrogen and oxygen atoms in total. The van der Waals surface area contributed by atoms with Crippen molar-refractivity contribution in [1.29, 1.82) is 0 Å². The summed E-state index contributed by atoms with van der Waals surface area (Å²) in [4.78, 5) is 0. The van der Waals surface area contributed by atoms with Gasteiger partial charge in [-0.3, -0.25) is 0 Å². The molecule has 0 aromatic heterocycles. The summed E-state index contributed by atoms with van der Waals surface area (Å²) >= 11 is 0. The molecule has 7 atom stereocenters. The van der Waals surface area contributed by atoms with Gasteiger partial charge in [0, 0.05) is 12.3 Å². The second-order valence-electron chi connectivity index (χ2n) is 10.2. The molecule has 0 unspecified atom stereocenters. The van der Waals surface area contributed by atoms with Crippen LogP contribution in [0.15, 0.2) is 0 Å². The zero-order valence-electron chi connectivity index (χ0n) is 15.4. The normalized spacial score (nSPS) is 55.9. The third-order valence-corrected chi connectivity index (χ3v) is 9.22. The van der Waals surface area contributed by atoms with Crippen LogP contribution in [0.5, 0.6) is 0 Å². The molecular formula is C21H34O3. The smallest absolute Gasteiger partial charge is 0.172 e. The van der Waals surface area contributed by atoms with E-state index in [1.165, 1.54) is 38.5 Å². The molecule has 0 amide bonds. The molecule has 1 aliphatic heterocycles. The van der Waals surface area contributed by atoms with Gasteiger partial charge in [-0.1, -0.05) is 20.3 Å². The first-order valence-corrected chi connectivity index (χ1v) is 10.4. The molecular weight excluding hydrogens is 300 g/mol. The maximum absolute atomic E-state index is 10.3. The number of aliphatic hydroxyl groups excluding tert-OH is 1. The Morgan fingerprint density at radius 1 is 0.917 bits per heavy atom. The summed E-state index contributed by atoms with van der Waals surface area (Å²) in [7, 11) is 0. The Balaban J connectivity index is 1.58. The molecule has 5 fully saturated rings. The minimum atomic E-state index is -0.331. The zero-order chi connectivity index (χ0) is 16.6. The van der Waals surface area contributed by atoms with Crippen LogP contribution in [-0.2, 0) is 9.47 Å². The van der Waals surface area contributed by atoms with Crippen LogP contribution in [0.25, 0.3) is 0 Å². The largest absolute Gasteiger partial charge is 0.393 e. The van der Waals surface area contributed by atoms with E-state index in [1.807, 2.05) is 0 Å². The van der Waals surface area contributed by atoms with Crippen molar-refractivity contribution in [1.82, 2.24) is 0 Å². The van der Waals surface area contributed by atoms with Gasteiger partial charge in [0.15, 0.2) is 5.79 Å². The molecule has 5 aliphatic rings. The van der Waals surface area contributed by atoms with Crippen LogP contribution in [0.2, 0.25) is 0 Å². The Morgan fingerprint density at radius 2 is 1.71 bits per heavy atom. The van der Waals surface area contributed by atoms with E-state index >= 15 is 0 Å². The molecule has 4 saturated carbocycles. The summed E-state index contributed by atoms with van der Waals surface area (Å²) in [5, 5.41) is 10.3. The highest BCUT2D eigenvalue weighted by Crippen LogP contribution is 2.69. The van der Waals surface area contributed by atoms with E-state index in [0.29, 0.717) is 22.7 Å². The lowest BCUT2D eigenvalue weighted by atomic mass is 9.43. The molecule has 1 N–H and O–H groups in total. The summed E-state index contributed by atoms with van der Waals surface area (Å²) < 4.78 is 12.9. The lowest BCUT2D eigenvalue weighted by Gasteiger charge is -2.64. The van der Waals surface area contributed by atoms with Crippen molar-refractivity contribution in [3.8, 4) is 0 Å². The molecule has 4 aliphatic carbocycles. The molecule has 1 saturated heterocycles. The summed E-state index contributed by atoms with van der Waals surface area (Å²) in [5.41, 5.74) is 0.898. The van der Waals surface area contributed by atoms with Crippen LogP contribution in [0.3, 0.4) is 0 Å². The molecule has 136 valence electrons. The highest BCUT2D eigenvalue weighted by molar-refractivity contribution is 5.13. The Labute approximate surface area is 146 Å². The van der Waals surface area contributed by atoms with Crippen molar-refractivity contribution in [3.63, 3.8) is 0 Å². The van der Waals surface area contributed by atoms with Gasteiger partial charge in [0.25, 0.3) is 0 Å². The predicted molar refractivity (Wildman–Crippen MR) is 92.4 cm³/mol. The van der Waals surface area contributed by atoms with Crippen molar-refractivity contribution >= 4 is 0 Å². The minimum Gasteiger partial charge on any atom is -0.393 e. The van der Waals surface area contributed by atoms with Gasteiger partial charge in [-0.05, 0) is 73.5 Å². The Kier molecular flexibility index (Phi) is 3.49. The van der Waals surface area contributed by atoms with E-state index in [4.69, 9.17) is 9.47 Å². The predicted octanol–water partition coefficient (Wildman–Crippen LogP) is 4.13. The monoisotopic (exact) mass is 334 g/mol. The number of fused-ring (bicyclic) bond motifs is 6. The van der Waals surface area contributed by atoms with Gasteiger partial charge in [-0.25, -0.2) is 0 Å². The molecule has 0 bridgehead atoms. The minimum absolute atomic E-state index is 0.113. The van der Waals surface area contributed by atoms with Crippen LogP contribution in [0.1, 0.15) is 71.6 Å². The van der Waals surface area contributed by atoms with Crippen LogP contribution >= 0.6 is 0 Å². The van der Waals surface area contributed by atoms with E-state index in [9.17, 15) is 5.11 Å². The number of aliphatic hydroxyl groups is 1. The van der Waals surface area contributed by atoms with E-state index in [0.717, 1.165) is 44.3 Å². The third-order valence-electron chi connectivity index (χ3n) is 9.22. The molecule has 0 aromatic carbocycles. The molecule has 3 heteroatoms. The summed E-state index contributed by atoms with van der Waals surface area (Å²) in [6.45, 7) is 6.61. The topological polar surface area (TPSA) is 38.7 Å². The first kappa shape index (κ1) is 16.1. The van der Waals surface area contributed by atoms with Crippen LogP contribution < -0.4 is 0 Å². The Hall–Kier alpha value is -0.120. The lowest BCUT2D eigenvalue weighted by molar-refractivity contribution is -0.298. The van der Waals surface area contributed by atoms with Gasteiger partial charge >= 0.3 is 0 Å². The quantitative estimate of drug-likeness (QED) is 0.724. The van der Waals surface area contributed by atoms with E-state index in [1.54, 1.807) is 0 Å². The standard InChI is InChI=1S/C21H34O3/c1-19-7-3-4-16(19)18-17(6-8-19)20(2)9-5-15(22)12-14(20)13-21(18)23-10-11-24-21/h14-18,22H,3-13H2,1-2H3/t14-,15+,16+,17+,18+,19+,20+/m1/s1. The maximum atomic E-state index is 10.3. The Bertz CT molecular complexity index is 513. The van der Waals surface area contributed by atoms with Crippen molar-refractivity contribution in [2.75, 3.05) is 13.2 Å². The van der Waals surface area contributed by atoms with Gasteiger partial charge in [-0.15, -0.1) is 0 Å². The van der Waals surface area contributed by atoms with E-state index < -0.39 is 0 Å². The van der Waals surface area contributed by atoms with E-state index in [2.05, 4.69) is 13.8 Å². The molecule has 5 rings (SSSR count). The van der Waals surface area contributed by atoms with Crippen molar-refractivity contribution < 1.29 is 14.6 Å². The average molecular weight is 335 g/mol. The SMILES string of the molecule is C[C@@]12CCC[C@H]1[C@H]1[C@H](CC2)[C@@]2(C)CC[C@H](O)C[C@@H]2CC12OCCO2. The molecule has 0 radical (unpaired) electrons. The second kappa shape index (κ2) is 5.20. The van der Waals surface area contributed by atoms with Crippen molar-refractivity contribution in [2.45, 2.75) is 83.5 Å². The molecule has 0 aromatic rings. The van der Waals surface area contributed by atoms with Crippen LogP contribution in [0, 0.1) is 34.5 Å². The molecule has 1 spiro atoms. The van der Waals surface area contributed by atoms with E-state index in [-0.39, 0.29) is 11.9 Å². The Morgan fingerprint density at radius 3 is 2.50 bits per heavy atom. The van der Waals surface area contributed by atoms with Gasteiger partial charge in [0.05, 0.1) is 19.3 Å². The fraction of sp³-hybridized carbons (Fsp3) is 1.00. The van der Waals surface area contributed by atoms with Crippen molar-refractivity contribution in [2.24, 2.45) is 34.5 Å². The summed E-state index contributed by atoms with van der Waals surface area (Å²) in [5.74, 6) is 2.31. The fourth-order valence-electron chi connectivity index (χ4n) is 7.94. The zero-order valence-corrected chi connectivity index (χ0v) is 15.4. The first-order chi connectivity index (χ1) is 11.5.